The van der Waals surface area contributed by atoms with Gasteiger partial charge in [0.1, 0.15) is 11.6 Å². The van der Waals surface area contributed by atoms with Gasteiger partial charge in [-0.1, -0.05) is 24.3 Å². The van der Waals surface area contributed by atoms with E-state index in [2.05, 4.69) is 17.1 Å². The minimum Gasteiger partial charge on any atom is -0.395 e. The van der Waals surface area contributed by atoms with E-state index in [1.165, 1.54) is 24.3 Å². The van der Waals surface area contributed by atoms with Crippen molar-refractivity contribution in [3.8, 4) is 0 Å². The molecule has 2 N–H and O–H groups in total. The highest BCUT2D eigenvalue weighted by molar-refractivity contribution is 5.33. The molecule has 3 nitrogen and oxygen atoms in total. The number of halogens is 2. The Morgan fingerprint density at radius 2 is 1.54 bits per heavy atom. The van der Waals surface area contributed by atoms with E-state index >= 15 is 0 Å². The van der Waals surface area contributed by atoms with Gasteiger partial charge in [0.25, 0.3) is 0 Å². The van der Waals surface area contributed by atoms with E-state index in [9.17, 15) is 13.9 Å². The largest absolute Gasteiger partial charge is 0.395 e. The summed E-state index contributed by atoms with van der Waals surface area (Å²) < 4.78 is 26.7. The Hall–Kier alpha value is -1.82. The van der Waals surface area contributed by atoms with Crippen LogP contribution in [0.25, 0.3) is 0 Å². The molecule has 0 spiro atoms. The maximum Gasteiger partial charge on any atom is 0.123 e. The quantitative estimate of drug-likeness (QED) is 0.904. The topological polar surface area (TPSA) is 35.5 Å². The molecule has 24 heavy (non-hydrogen) atoms. The maximum absolute atomic E-state index is 13.3. The molecule has 0 bridgehead atoms. The molecule has 3 rings (SSSR count). The molecule has 0 unspecified atom stereocenters. The molecule has 5 heteroatoms. The maximum atomic E-state index is 13.3. The van der Waals surface area contributed by atoms with E-state index in [1.54, 1.807) is 24.3 Å². The van der Waals surface area contributed by atoms with Crippen LogP contribution in [0.2, 0.25) is 0 Å². The summed E-state index contributed by atoms with van der Waals surface area (Å²) in [5.74, 6) is -0.576. The summed E-state index contributed by atoms with van der Waals surface area (Å²) >= 11 is 0. The first-order chi connectivity index (χ1) is 11.6. The van der Waals surface area contributed by atoms with E-state index < -0.39 is 0 Å². The zero-order valence-electron chi connectivity index (χ0n) is 13.6. The summed E-state index contributed by atoms with van der Waals surface area (Å²) in [5.41, 5.74) is 1.85. The van der Waals surface area contributed by atoms with Gasteiger partial charge in [0.2, 0.25) is 0 Å². The fourth-order valence-electron chi connectivity index (χ4n) is 3.34. The zero-order chi connectivity index (χ0) is 17.1. The predicted molar refractivity (Wildman–Crippen MR) is 89.7 cm³/mol. The first kappa shape index (κ1) is 17.0. The number of nitrogens with zero attached hydrogens (tertiary/aromatic N) is 1. The Morgan fingerprint density at radius 3 is 2.00 bits per heavy atom. The van der Waals surface area contributed by atoms with Gasteiger partial charge in [0.15, 0.2) is 0 Å². The van der Waals surface area contributed by atoms with E-state index in [4.69, 9.17) is 0 Å². The SMILES string of the molecule is C[C@@H]1CN(C(c2ccc(F)cc2)c2ccc(F)cc2)[C@@H](CO)CN1. The third-order valence-electron chi connectivity index (χ3n) is 4.57. The number of aliphatic hydroxyl groups excluding tert-OH is 1. The Balaban J connectivity index is 2.03. The average Bonchev–Trinajstić information content (AvgIpc) is 2.59. The molecule has 2 atom stereocenters. The molecule has 1 aliphatic rings. The number of benzene rings is 2. The van der Waals surface area contributed by atoms with Gasteiger partial charge in [-0.25, -0.2) is 8.78 Å². The van der Waals surface area contributed by atoms with Crippen molar-refractivity contribution in [1.82, 2.24) is 10.2 Å². The molecule has 1 heterocycles. The Morgan fingerprint density at radius 1 is 1.04 bits per heavy atom. The second kappa shape index (κ2) is 7.38. The summed E-state index contributed by atoms with van der Waals surface area (Å²) in [7, 11) is 0. The molecule has 2 aromatic carbocycles. The van der Waals surface area contributed by atoms with Crippen LogP contribution in [0.4, 0.5) is 8.78 Å². The van der Waals surface area contributed by atoms with Crippen molar-refractivity contribution in [2.24, 2.45) is 0 Å². The second-order valence-electron chi connectivity index (χ2n) is 6.35. The summed E-state index contributed by atoms with van der Waals surface area (Å²) in [4.78, 5) is 2.21. The number of rotatable bonds is 4. The van der Waals surface area contributed by atoms with E-state index in [-0.39, 0.29) is 36.4 Å². The van der Waals surface area contributed by atoms with Crippen LogP contribution in [0.15, 0.2) is 48.5 Å². The average molecular weight is 332 g/mol. The summed E-state index contributed by atoms with van der Waals surface area (Å²) in [6, 6.07) is 12.8. The van der Waals surface area contributed by atoms with Crippen LogP contribution >= 0.6 is 0 Å². The van der Waals surface area contributed by atoms with Crippen LogP contribution in [-0.2, 0) is 0 Å². The lowest BCUT2D eigenvalue weighted by Crippen LogP contribution is -2.57. The van der Waals surface area contributed by atoms with E-state index in [0.717, 1.165) is 17.7 Å². The number of aliphatic hydroxyl groups is 1. The minimum absolute atomic E-state index is 0.0264. The van der Waals surface area contributed by atoms with Gasteiger partial charge in [-0.3, -0.25) is 4.90 Å². The summed E-state index contributed by atoms with van der Waals surface area (Å²) in [6.07, 6.45) is 0. The molecule has 0 aliphatic carbocycles. The van der Waals surface area contributed by atoms with Crippen LogP contribution in [0.5, 0.6) is 0 Å². The Labute approximate surface area is 140 Å². The summed E-state index contributed by atoms with van der Waals surface area (Å²) in [5, 5.41) is 13.1. The highest BCUT2D eigenvalue weighted by Gasteiger charge is 2.32. The van der Waals surface area contributed by atoms with Gasteiger partial charge in [-0.15, -0.1) is 0 Å². The fraction of sp³-hybridized carbons (Fsp3) is 0.368. The minimum atomic E-state index is -0.288. The van der Waals surface area contributed by atoms with Gasteiger partial charge < -0.3 is 10.4 Å². The van der Waals surface area contributed by atoms with Crippen molar-refractivity contribution in [3.05, 3.63) is 71.3 Å². The predicted octanol–water partition coefficient (Wildman–Crippen LogP) is 2.71. The molecule has 1 fully saturated rings. The lowest BCUT2D eigenvalue weighted by Gasteiger charge is -2.43. The third kappa shape index (κ3) is 3.64. The Kier molecular flexibility index (Phi) is 5.23. The second-order valence-corrected chi connectivity index (χ2v) is 6.35. The fourth-order valence-corrected chi connectivity index (χ4v) is 3.34. The van der Waals surface area contributed by atoms with Gasteiger partial charge in [0, 0.05) is 25.2 Å². The summed E-state index contributed by atoms with van der Waals surface area (Å²) in [6.45, 7) is 3.53. The monoisotopic (exact) mass is 332 g/mol. The molecular weight excluding hydrogens is 310 g/mol. The molecule has 1 saturated heterocycles. The van der Waals surface area contributed by atoms with Crippen LogP contribution in [0, 0.1) is 11.6 Å². The first-order valence-corrected chi connectivity index (χ1v) is 8.19. The standard InChI is InChI=1S/C19H22F2N2O/c1-13-11-23(18(12-24)10-22-13)19(14-2-6-16(20)7-3-14)15-4-8-17(21)9-5-15/h2-9,13,18-19,22,24H,10-12H2,1H3/t13-,18-/m1/s1. The third-order valence-corrected chi connectivity index (χ3v) is 4.57. The first-order valence-electron chi connectivity index (χ1n) is 8.19. The van der Waals surface area contributed by atoms with E-state index in [1.807, 2.05) is 0 Å². The molecule has 0 radical (unpaired) electrons. The number of nitrogens with one attached hydrogen (secondary N) is 1. The Bertz CT molecular complexity index is 615. The molecule has 1 aliphatic heterocycles. The van der Waals surface area contributed by atoms with Crippen molar-refractivity contribution in [1.29, 1.82) is 0 Å². The van der Waals surface area contributed by atoms with Crippen molar-refractivity contribution < 1.29 is 13.9 Å². The van der Waals surface area contributed by atoms with Crippen LogP contribution in [0.1, 0.15) is 24.1 Å². The highest BCUT2D eigenvalue weighted by Crippen LogP contribution is 2.32. The lowest BCUT2D eigenvalue weighted by atomic mass is 9.94. The number of hydrogen-bond acceptors (Lipinski definition) is 3. The van der Waals surface area contributed by atoms with Crippen molar-refractivity contribution in [3.63, 3.8) is 0 Å². The van der Waals surface area contributed by atoms with Gasteiger partial charge in [0.05, 0.1) is 12.6 Å². The molecule has 0 amide bonds. The zero-order valence-corrected chi connectivity index (χ0v) is 13.6. The smallest absolute Gasteiger partial charge is 0.123 e. The van der Waals surface area contributed by atoms with Gasteiger partial charge in [-0.05, 0) is 42.3 Å². The van der Waals surface area contributed by atoms with Crippen LogP contribution < -0.4 is 5.32 Å². The molecule has 0 saturated carbocycles. The van der Waals surface area contributed by atoms with Crippen molar-refractivity contribution in [2.75, 3.05) is 19.7 Å². The van der Waals surface area contributed by atoms with Crippen LogP contribution in [0.3, 0.4) is 0 Å². The highest BCUT2D eigenvalue weighted by atomic mass is 19.1. The number of hydrogen-bond donors (Lipinski definition) is 2. The molecule has 0 aromatic heterocycles. The molecule has 128 valence electrons. The lowest BCUT2D eigenvalue weighted by molar-refractivity contribution is 0.0602. The van der Waals surface area contributed by atoms with Gasteiger partial charge >= 0.3 is 0 Å². The van der Waals surface area contributed by atoms with Gasteiger partial charge in [-0.2, -0.15) is 0 Å². The van der Waals surface area contributed by atoms with Crippen molar-refractivity contribution >= 4 is 0 Å². The molecular formula is C19H22F2N2O. The molecule has 2 aromatic rings. The van der Waals surface area contributed by atoms with Crippen molar-refractivity contribution in [2.45, 2.75) is 25.0 Å². The van der Waals surface area contributed by atoms with E-state index in [0.29, 0.717) is 6.54 Å². The van der Waals surface area contributed by atoms with Crippen LogP contribution in [-0.4, -0.2) is 41.8 Å². The normalized spacial score (nSPS) is 22.0. The number of piperazine rings is 1.